The van der Waals surface area contributed by atoms with Gasteiger partial charge in [0, 0.05) is 0 Å². The Morgan fingerprint density at radius 3 is 2.24 bits per heavy atom. The minimum Gasteiger partial charge on any atom is -0.832 e. The third-order valence-electron chi connectivity index (χ3n) is 1.27. The molecule has 0 aliphatic carbocycles. The Hall–Kier alpha value is -0.198. The second-order valence-electron chi connectivity index (χ2n) is 2.33. The molecule has 17 heavy (non-hydrogen) atoms. The number of carbonyl (C=O) groups is 1. The summed E-state index contributed by atoms with van der Waals surface area (Å²) < 4.78 is 4.89. The predicted octanol–water partition coefficient (Wildman–Crippen LogP) is -3.00. The maximum absolute atomic E-state index is 10.6. The molecule has 3 N–H and O–H groups in total. The standard InChI is InChI=1S/C7H4BrClO3.BH2O3.Li/c8-5-3-1-2-4(7(10)11)6(5)12-9;2-1(3)4;/h1-3H,(H,10,11);2-3H;/q;-1;+1. The normalized spacial score (nSPS) is 8.29. The van der Waals surface area contributed by atoms with Gasteiger partial charge in [-0.05, 0) is 28.1 Å². The second kappa shape index (κ2) is 9.79. The third kappa shape index (κ3) is 7.68. The molecule has 6 nitrogen and oxygen atoms in total. The van der Waals surface area contributed by atoms with Crippen molar-refractivity contribution >= 4 is 41.1 Å². The van der Waals surface area contributed by atoms with Crippen LogP contribution in [-0.4, -0.2) is 28.4 Å². The zero-order valence-electron chi connectivity index (χ0n) is 8.63. The molecule has 0 amide bonds. The van der Waals surface area contributed by atoms with Gasteiger partial charge in [-0.3, -0.25) is 0 Å². The van der Waals surface area contributed by atoms with Gasteiger partial charge in [-0.2, -0.15) is 0 Å². The van der Waals surface area contributed by atoms with E-state index in [1.165, 1.54) is 6.07 Å². The first-order chi connectivity index (χ1) is 7.40. The van der Waals surface area contributed by atoms with E-state index in [1.807, 2.05) is 0 Å². The summed E-state index contributed by atoms with van der Waals surface area (Å²) in [4.78, 5) is 10.6. The molecule has 1 rings (SSSR count). The van der Waals surface area contributed by atoms with Crippen LogP contribution in [0, 0.1) is 0 Å². The quantitative estimate of drug-likeness (QED) is 0.501. The van der Waals surface area contributed by atoms with Crippen LogP contribution in [0.5, 0.6) is 5.75 Å². The van der Waals surface area contributed by atoms with Gasteiger partial charge in [-0.25, -0.2) is 4.79 Å². The average molecular weight is 319 g/mol. The molecule has 0 aromatic heterocycles. The molecular formula is C7H6BBrClLiO6. The predicted molar refractivity (Wildman–Crippen MR) is 57.8 cm³/mol. The summed E-state index contributed by atoms with van der Waals surface area (Å²) in [5, 5.41) is 31.4. The summed E-state index contributed by atoms with van der Waals surface area (Å²) in [6.07, 6.45) is 0. The molecule has 0 bridgehead atoms. The second-order valence-corrected chi connectivity index (χ2v) is 3.33. The maximum atomic E-state index is 10.6. The van der Waals surface area contributed by atoms with Crippen LogP contribution in [0.3, 0.4) is 0 Å². The van der Waals surface area contributed by atoms with E-state index in [4.69, 9.17) is 32.0 Å². The molecule has 0 aliphatic rings. The van der Waals surface area contributed by atoms with Crippen LogP contribution in [0.15, 0.2) is 22.7 Å². The number of halogens is 2. The van der Waals surface area contributed by atoms with Crippen molar-refractivity contribution in [1.29, 1.82) is 0 Å². The van der Waals surface area contributed by atoms with E-state index in [2.05, 4.69) is 20.2 Å². The molecule has 0 spiro atoms. The van der Waals surface area contributed by atoms with Gasteiger partial charge in [0.05, 0.1) is 4.47 Å². The van der Waals surface area contributed by atoms with Crippen LogP contribution in [-0.2, 0) is 0 Å². The largest absolute Gasteiger partial charge is 1.00 e. The minimum absolute atomic E-state index is 0. The zero-order valence-corrected chi connectivity index (χ0v) is 11.0. The number of carboxylic acid groups (broad SMARTS) is 1. The number of benzene rings is 1. The number of rotatable bonds is 2. The summed E-state index contributed by atoms with van der Waals surface area (Å²) in [7, 11) is -2.42. The van der Waals surface area contributed by atoms with E-state index in [9.17, 15) is 4.79 Å². The molecule has 0 unspecified atom stereocenters. The van der Waals surface area contributed by atoms with Crippen LogP contribution in [0.25, 0.3) is 0 Å². The van der Waals surface area contributed by atoms with Crippen LogP contribution in [0.1, 0.15) is 10.4 Å². The molecule has 10 heteroatoms. The van der Waals surface area contributed by atoms with Crippen molar-refractivity contribution in [3.8, 4) is 5.75 Å². The van der Waals surface area contributed by atoms with Gasteiger partial charge in [-0.15, -0.1) is 0 Å². The smallest absolute Gasteiger partial charge is 0.832 e. The van der Waals surface area contributed by atoms with Crippen molar-refractivity contribution in [2.75, 3.05) is 0 Å². The first-order valence-corrected chi connectivity index (χ1v) is 4.82. The Kier molecular flexibility index (Phi) is 11.0. The molecule has 1 aromatic carbocycles. The molecule has 0 saturated carbocycles. The van der Waals surface area contributed by atoms with Crippen LogP contribution >= 0.6 is 27.8 Å². The first-order valence-electron chi connectivity index (χ1n) is 3.72. The molecule has 0 heterocycles. The molecule has 0 fully saturated rings. The fourth-order valence-corrected chi connectivity index (χ4v) is 1.46. The van der Waals surface area contributed by atoms with Gasteiger partial charge in [0.15, 0.2) is 5.75 Å². The van der Waals surface area contributed by atoms with E-state index in [-0.39, 0.29) is 30.2 Å². The van der Waals surface area contributed by atoms with Crippen molar-refractivity contribution in [1.82, 2.24) is 0 Å². The molecule has 0 atom stereocenters. The maximum Gasteiger partial charge on any atom is 1.00 e. The van der Waals surface area contributed by atoms with Crippen LogP contribution in [0.4, 0.5) is 0 Å². The van der Waals surface area contributed by atoms with E-state index in [1.54, 1.807) is 12.1 Å². The van der Waals surface area contributed by atoms with Crippen molar-refractivity contribution in [2.45, 2.75) is 0 Å². The molecule has 0 radical (unpaired) electrons. The van der Waals surface area contributed by atoms with Crippen molar-refractivity contribution in [3.05, 3.63) is 28.2 Å². The van der Waals surface area contributed by atoms with Crippen LogP contribution in [0.2, 0.25) is 0 Å². The van der Waals surface area contributed by atoms with Crippen molar-refractivity contribution in [2.24, 2.45) is 0 Å². The van der Waals surface area contributed by atoms with E-state index in [0.29, 0.717) is 4.47 Å². The molecule has 1 aromatic rings. The Labute approximate surface area is 123 Å². The van der Waals surface area contributed by atoms with Gasteiger partial charge in [0.2, 0.25) is 0 Å². The zero-order chi connectivity index (χ0) is 12.7. The molecular weight excluding hydrogens is 313 g/mol. The fourth-order valence-electron chi connectivity index (χ4n) is 0.756. The third-order valence-corrected chi connectivity index (χ3v) is 2.05. The number of hydrogen-bond acceptors (Lipinski definition) is 5. The SMILES string of the molecule is O=C(O)c1cccc(Br)c1OCl.[Li+].[O-]B(O)O. The fraction of sp³-hybridized carbons (Fsp3) is 0. The molecule has 0 saturated heterocycles. The summed E-state index contributed by atoms with van der Waals surface area (Å²) in [6, 6.07) is 4.64. The molecule has 0 aliphatic heterocycles. The topological polar surface area (TPSA) is 110 Å². The monoisotopic (exact) mass is 318 g/mol. The summed E-state index contributed by atoms with van der Waals surface area (Å²) >= 11 is 8.19. The van der Waals surface area contributed by atoms with Gasteiger partial charge in [0.1, 0.15) is 17.4 Å². The van der Waals surface area contributed by atoms with Crippen molar-refractivity contribution < 1.29 is 48.1 Å². The van der Waals surface area contributed by atoms with Crippen molar-refractivity contribution in [3.63, 3.8) is 0 Å². The Morgan fingerprint density at radius 2 is 1.94 bits per heavy atom. The van der Waals surface area contributed by atoms with E-state index < -0.39 is 13.3 Å². The number of aromatic carboxylic acids is 1. The minimum atomic E-state index is -2.42. The summed E-state index contributed by atoms with van der Waals surface area (Å²) in [6.45, 7) is 0. The van der Waals surface area contributed by atoms with Gasteiger partial charge in [0.25, 0.3) is 0 Å². The average Bonchev–Trinajstić information content (AvgIpc) is 2.16. The van der Waals surface area contributed by atoms with Gasteiger partial charge >= 0.3 is 32.2 Å². The summed E-state index contributed by atoms with van der Waals surface area (Å²) in [5.41, 5.74) is 0.0272. The number of hydrogen-bond donors (Lipinski definition) is 3. The van der Waals surface area contributed by atoms with Crippen LogP contribution < -0.4 is 28.2 Å². The van der Waals surface area contributed by atoms with E-state index in [0.717, 1.165) is 0 Å². The Bertz CT molecular complexity index is 363. The number of carboxylic acids is 1. The van der Waals surface area contributed by atoms with E-state index >= 15 is 0 Å². The summed E-state index contributed by atoms with van der Waals surface area (Å²) in [5.74, 6) is -0.960. The Balaban J connectivity index is 0. The van der Waals surface area contributed by atoms with Gasteiger partial charge in [-0.1, -0.05) is 6.07 Å². The van der Waals surface area contributed by atoms with Gasteiger partial charge < -0.3 is 24.5 Å². The number of para-hydroxylation sites is 1. The Morgan fingerprint density at radius 1 is 1.47 bits per heavy atom. The molecule has 88 valence electrons. The first kappa shape index (κ1) is 19.1.